The van der Waals surface area contributed by atoms with Crippen LogP contribution >= 0.6 is 11.6 Å². The molecule has 0 saturated heterocycles. The second-order valence-corrected chi connectivity index (χ2v) is 5.31. The van der Waals surface area contributed by atoms with Crippen LogP contribution in [0.2, 0.25) is 5.02 Å². The number of pyridine rings is 1. The molecule has 3 aromatic rings. The second kappa shape index (κ2) is 5.80. The van der Waals surface area contributed by atoms with E-state index in [9.17, 15) is 9.50 Å². The lowest BCUT2D eigenvalue weighted by molar-refractivity contribution is 0.178. The molecule has 0 aliphatic carbocycles. The molecule has 0 bridgehead atoms. The third kappa shape index (κ3) is 2.89. The Balaban J connectivity index is 1.97. The van der Waals surface area contributed by atoms with E-state index >= 15 is 0 Å². The zero-order chi connectivity index (χ0) is 14.8. The van der Waals surface area contributed by atoms with Crippen molar-refractivity contribution in [1.29, 1.82) is 0 Å². The van der Waals surface area contributed by atoms with Gasteiger partial charge in [0.25, 0.3) is 0 Å². The molecule has 2 nitrogen and oxygen atoms in total. The van der Waals surface area contributed by atoms with Gasteiger partial charge < -0.3 is 5.11 Å². The molecule has 2 aromatic carbocycles. The average Bonchev–Trinajstić information content (AvgIpc) is 2.50. The van der Waals surface area contributed by atoms with Crippen molar-refractivity contribution in [2.45, 2.75) is 12.5 Å². The van der Waals surface area contributed by atoms with Crippen LogP contribution < -0.4 is 0 Å². The molecular weight excluding hydrogens is 289 g/mol. The summed E-state index contributed by atoms with van der Waals surface area (Å²) in [6.45, 7) is 0. The second-order valence-electron chi connectivity index (χ2n) is 4.87. The van der Waals surface area contributed by atoms with Crippen LogP contribution in [0.4, 0.5) is 4.39 Å². The Kier molecular flexibility index (Phi) is 3.86. The maximum absolute atomic E-state index is 13.8. The van der Waals surface area contributed by atoms with Crippen LogP contribution in [-0.4, -0.2) is 10.1 Å². The Morgan fingerprint density at radius 1 is 1.14 bits per heavy atom. The fourth-order valence-electron chi connectivity index (χ4n) is 2.44. The fourth-order valence-corrected chi connectivity index (χ4v) is 2.63. The van der Waals surface area contributed by atoms with Gasteiger partial charge in [-0.2, -0.15) is 0 Å². The van der Waals surface area contributed by atoms with Crippen molar-refractivity contribution in [1.82, 2.24) is 4.98 Å². The summed E-state index contributed by atoms with van der Waals surface area (Å²) < 4.78 is 13.8. The summed E-state index contributed by atoms with van der Waals surface area (Å²) in [6, 6.07) is 13.6. The third-order valence-corrected chi connectivity index (χ3v) is 3.69. The molecule has 0 spiro atoms. The first kappa shape index (κ1) is 14.0. The molecule has 0 saturated carbocycles. The largest absolute Gasteiger partial charge is 0.388 e. The average molecular weight is 302 g/mol. The lowest BCUT2D eigenvalue weighted by Crippen LogP contribution is -2.04. The number of benzene rings is 2. The van der Waals surface area contributed by atoms with Gasteiger partial charge in [-0.15, -0.1) is 0 Å². The van der Waals surface area contributed by atoms with E-state index in [1.807, 2.05) is 30.3 Å². The third-order valence-electron chi connectivity index (χ3n) is 3.46. The summed E-state index contributed by atoms with van der Waals surface area (Å²) in [4.78, 5) is 4.26. The summed E-state index contributed by atoms with van der Waals surface area (Å²) in [5, 5.41) is 11.8. The first-order valence-corrected chi connectivity index (χ1v) is 6.98. The maximum atomic E-state index is 13.8. The molecule has 1 heterocycles. The van der Waals surface area contributed by atoms with Gasteiger partial charge in [0.05, 0.1) is 11.6 Å². The minimum atomic E-state index is -0.814. The highest BCUT2D eigenvalue weighted by Crippen LogP contribution is 2.27. The SMILES string of the molecule is OC(Cc1cc(Cl)ccc1F)c1cccc2ncccc12. The van der Waals surface area contributed by atoms with Crippen molar-refractivity contribution in [3.63, 3.8) is 0 Å². The lowest BCUT2D eigenvalue weighted by atomic mass is 9.97. The highest BCUT2D eigenvalue weighted by atomic mass is 35.5. The van der Waals surface area contributed by atoms with Crippen molar-refractivity contribution in [3.8, 4) is 0 Å². The standard InChI is InChI=1S/C17H13ClFNO/c18-12-6-7-15(19)11(9-12)10-17(21)14-3-1-5-16-13(14)4-2-8-20-16/h1-9,17,21H,10H2. The van der Waals surface area contributed by atoms with Crippen molar-refractivity contribution >= 4 is 22.5 Å². The number of hydrogen-bond donors (Lipinski definition) is 1. The van der Waals surface area contributed by atoms with Gasteiger partial charge in [0.2, 0.25) is 0 Å². The number of aliphatic hydroxyl groups is 1. The molecule has 1 atom stereocenters. The van der Waals surface area contributed by atoms with E-state index in [2.05, 4.69) is 4.98 Å². The van der Waals surface area contributed by atoms with E-state index in [1.54, 1.807) is 12.3 Å². The maximum Gasteiger partial charge on any atom is 0.126 e. The predicted octanol–water partition coefficient (Wildman–Crippen LogP) is 4.30. The summed E-state index contributed by atoms with van der Waals surface area (Å²) in [5.74, 6) is -0.364. The Morgan fingerprint density at radius 3 is 2.86 bits per heavy atom. The van der Waals surface area contributed by atoms with Gasteiger partial charge in [0.1, 0.15) is 5.82 Å². The predicted molar refractivity (Wildman–Crippen MR) is 81.8 cm³/mol. The van der Waals surface area contributed by atoms with E-state index < -0.39 is 6.10 Å². The van der Waals surface area contributed by atoms with Gasteiger partial charge >= 0.3 is 0 Å². The summed E-state index contributed by atoms with van der Waals surface area (Å²) >= 11 is 5.88. The molecule has 0 radical (unpaired) electrons. The van der Waals surface area contributed by atoms with Gasteiger partial charge in [0, 0.05) is 23.0 Å². The number of aromatic nitrogens is 1. The first-order valence-electron chi connectivity index (χ1n) is 6.61. The molecule has 1 N–H and O–H groups in total. The normalized spacial score (nSPS) is 12.5. The molecule has 0 amide bonds. The number of halogens is 2. The molecule has 1 unspecified atom stereocenters. The van der Waals surface area contributed by atoms with Gasteiger partial charge in [-0.1, -0.05) is 29.8 Å². The number of rotatable bonds is 3. The highest BCUT2D eigenvalue weighted by molar-refractivity contribution is 6.30. The quantitative estimate of drug-likeness (QED) is 0.782. The number of aliphatic hydroxyl groups excluding tert-OH is 1. The van der Waals surface area contributed by atoms with Gasteiger partial charge in [-0.25, -0.2) is 4.39 Å². The van der Waals surface area contributed by atoms with Crippen molar-refractivity contribution in [2.75, 3.05) is 0 Å². The molecule has 4 heteroatoms. The summed E-state index contributed by atoms with van der Waals surface area (Å²) in [5.41, 5.74) is 1.94. The Morgan fingerprint density at radius 2 is 2.00 bits per heavy atom. The first-order chi connectivity index (χ1) is 10.1. The number of nitrogens with zero attached hydrogens (tertiary/aromatic N) is 1. The van der Waals surface area contributed by atoms with Gasteiger partial charge in [-0.05, 0) is 41.5 Å². The van der Waals surface area contributed by atoms with Crippen LogP contribution in [-0.2, 0) is 6.42 Å². The van der Waals surface area contributed by atoms with E-state index in [4.69, 9.17) is 11.6 Å². The lowest BCUT2D eigenvalue weighted by Gasteiger charge is -2.14. The molecule has 106 valence electrons. The smallest absolute Gasteiger partial charge is 0.126 e. The highest BCUT2D eigenvalue weighted by Gasteiger charge is 2.14. The van der Waals surface area contributed by atoms with Crippen LogP contribution in [0.25, 0.3) is 10.9 Å². The number of hydrogen-bond acceptors (Lipinski definition) is 2. The van der Waals surface area contributed by atoms with E-state index in [-0.39, 0.29) is 12.2 Å². The van der Waals surface area contributed by atoms with Crippen molar-refractivity contribution in [2.24, 2.45) is 0 Å². The van der Waals surface area contributed by atoms with E-state index in [0.717, 1.165) is 16.5 Å². The van der Waals surface area contributed by atoms with Crippen molar-refractivity contribution < 1.29 is 9.50 Å². The minimum absolute atomic E-state index is 0.167. The Bertz CT molecular complexity index is 785. The van der Waals surface area contributed by atoms with Gasteiger partial charge in [-0.3, -0.25) is 4.98 Å². The van der Waals surface area contributed by atoms with Crippen LogP contribution in [0, 0.1) is 5.82 Å². The van der Waals surface area contributed by atoms with Gasteiger partial charge in [0.15, 0.2) is 0 Å². The van der Waals surface area contributed by atoms with E-state index in [1.165, 1.54) is 12.1 Å². The summed E-state index contributed by atoms with van der Waals surface area (Å²) in [6.07, 6.45) is 1.06. The van der Waals surface area contributed by atoms with E-state index in [0.29, 0.717) is 10.6 Å². The number of fused-ring (bicyclic) bond motifs is 1. The Hall–Kier alpha value is -1.97. The van der Waals surface area contributed by atoms with Crippen LogP contribution in [0.1, 0.15) is 17.2 Å². The fraction of sp³-hybridized carbons (Fsp3) is 0.118. The molecular formula is C17H13ClFNO. The topological polar surface area (TPSA) is 33.1 Å². The summed E-state index contributed by atoms with van der Waals surface area (Å²) in [7, 11) is 0. The molecule has 21 heavy (non-hydrogen) atoms. The van der Waals surface area contributed by atoms with Crippen LogP contribution in [0.3, 0.4) is 0 Å². The zero-order valence-electron chi connectivity index (χ0n) is 11.1. The molecule has 0 aliphatic rings. The van der Waals surface area contributed by atoms with Crippen LogP contribution in [0.15, 0.2) is 54.7 Å². The zero-order valence-corrected chi connectivity index (χ0v) is 11.9. The molecule has 1 aromatic heterocycles. The van der Waals surface area contributed by atoms with Crippen molar-refractivity contribution in [3.05, 3.63) is 76.7 Å². The molecule has 0 fully saturated rings. The monoisotopic (exact) mass is 301 g/mol. The molecule has 3 rings (SSSR count). The minimum Gasteiger partial charge on any atom is -0.388 e. The molecule has 0 aliphatic heterocycles. The Labute approximate surface area is 126 Å². The van der Waals surface area contributed by atoms with Crippen LogP contribution in [0.5, 0.6) is 0 Å².